The molecule has 4 nitrogen and oxygen atoms in total. The Labute approximate surface area is 116 Å². The second kappa shape index (κ2) is 8.25. The zero-order valence-corrected chi connectivity index (χ0v) is 12.0. The van der Waals surface area contributed by atoms with Gasteiger partial charge in [0, 0.05) is 45.1 Å². The van der Waals surface area contributed by atoms with Crippen molar-refractivity contribution in [3.63, 3.8) is 0 Å². The molecule has 0 aromatic carbocycles. The molecule has 0 aliphatic carbocycles. The molecule has 2 rings (SSSR count). The van der Waals surface area contributed by atoms with Crippen LogP contribution in [0.4, 0.5) is 0 Å². The van der Waals surface area contributed by atoms with Gasteiger partial charge < -0.3 is 15.1 Å². The quantitative estimate of drug-likeness (QED) is 0.824. The topological polar surface area (TPSA) is 31.4 Å². The highest BCUT2D eigenvalue weighted by molar-refractivity contribution is 5.09. The summed E-state index contributed by atoms with van der Waals surface area (Å²) in [6.45, 7) is 8.22. The molecule has 19 heavy (non-hydrogen) atoms. The molecule has 0 radical (unpaired) electrons. The van der Waals surface area contributed by atoms with Crippen molar-refractivity contribution in [1.29, 1.82) is 0 Å². The van der Waals surface area contributed by atoms with Crippen LogP contribution in [0.25, 0.3) is 0 Å². The lowest BCUT2D eigenvalue weighted by Crippen LogP contribution is -2.36. The van der Waals surface area contributed by atoms with Crippen molar-refractivity contribution in [2.75, 3.05) is 52.9 Å². The van der Waals surface area contributed by atoms with Gasteiger partial charge in [0.1, 0.15) is 0 Å². The molecule has 1 aromatic heterocycles. The summed E-state index contributed by atoms with van der Waals surface area (Å²) in [6, 6.07) is 4.21. The van der Waals surface area contributed by atoms with E-state index in [1.807, 2.05) is 12.4 Å². The van der Waals surface area contributed by atoms with Gasteiger partial charge in [-0.15, -0.1) is 0 Å². The van der Waals surface area contributed by atoms with Crippen LogP contribution < -0.4 is 5.32 Å². The van der Waals surface area contributed by atoms with Gasteiger partial charge in [-0.2, -0.15) is 0 Å². The molecule has 0 spiro atoms. The number of hydrogen-bond donors (Lipinski definition) is 1. The monoisotopic (exact) mass is 262 g/mol. The Balaban J connectivity index is 1.62. The highest BCUT2D eigenvalue weighted by Gasteiger charge is 2.09. The summed E-state index contributed by atoms with van der Waals surface area (Å²) in [5.74, 6) is 0. The summed E-state index contributed by atoms with van der Waals surface area (Å²) in [6.07, 6.45) is 6.14. The maximum absolute atomic E-state index is 4.05. The highest BCUT2D eigenvalue weighted by atomic mass is 15.2. The maximum atomic E-state index is 4.05. The summed E-state index contributed by atoms with van der Waals surface area (Å²) in [7, 11) is 2.22. The zero-order chi connectivity index (χ0) is 13.3. The van der Waals surface area contributed by atoms with Crippen molar-refractivity contribution in [3.05, 3.63) is 30.1 Å². The summed E-state index contributed by atoms with van der Waals surface area (Å²) in [4.78, 5) is 9.05. The molecule has 1 aliphatic rings. The molecule has 4 heteroatoms. The van der Waals surface area contributed by atoms with Crippen LogP contribution in [0, 0.1) is 0 Å². The van der Waals surface area contributed by atoms with E-state index in [-0.39, 0.29) is 0 Å². The van der Waals surface area contributed by atoms with Gasteiger partial charge in [-0.3, -0.25) is 4.98 Å². The van der Waals surface area contributed by atoms with E-state index >= 15 is 0 Å². The summed E-state index contributed by atoms with van der Waals surface area (Å²) in [5.41, 5.74) is 1.38. The van der Waals surface area contributed by atoms with Crippen LogP contribution in [0.1, 0.15) is 12.0 Å². The second-order valence-electron chi connectivity index (χ2n) is 5.35. The Bertz CT molecular complexity index is 333. The van der Waals surface area contributed by atoms with Gasteiger partial charge in [0.15, 0.2) is 0 Å². The molecular weight excluding hydrogens is 236 g/mol. The smallest absolute Gasteiger partial charge is 0.0270 e. The molecular formula is C15H26N4. The van der Waals surface area contributed by atoms with E-state index in [1.165, 1.54) is 38.2 Å². The van der Waals surface area contributed by atoms with Crippen LogP contribution >= 0.6 is 0 Å². The first-order chi connectivity index (χ1) is 9.34. The Morgan fingerprint density at radius 3 is 2.89 bits per heavy atom. The van der Waals surface area contributed by atoms with E-state index in [0.717, 1.165) is 26.1 Å². The number of rotatable bonds is 6. The van der Waals surface area contributed by atoms with E-state index < -0.39 is 0 Å². The fraction of sp³-hybridized carbons (Fsp3) is 0.667. The molecule has 0 bridgehead atoms. The highest BCUT2D eigenvalue weighted by Crippen LogP contribution is 2.00. The average molecular weight is 262 g/mol. The minimum Gasteiger partial charge on any atom is -0.315 e. The van der Waals surface area contributed by atoms with Gasteiger partial charge >= 0.3 is 0 Å². The Hall–Kier alpha value is -0.970. The Kier molecular flexibility index (Phi) is 6.27. The van der Waals surface area contributed by atoms with E-state index in [2.05, 4.69) is 39.3 Å². The fourth-order valence-corrected chi connectivity index (χ4v) is 2.42. The Morgan fingerprint density at radius 1 is 1.21 bits per heavy atom. The minimum absolute atomic E-state index is 1.11. The van der Waals surface area contributed by atoms with Crippen molar-refractivity contribution in [2.24, 2.45) is 0 Å². The summed E-state index contributed by atoms with van der Waals surface area (Å²) in [5, 5.41) is 3.45. The van der Waals surface area contributed by atoms with Crippen molar-refractivity contribution >= 4 is 0 Å². The number of hydrogen-bond acceptors (Lipinski definition) is 4. The molecule has 1 aliphatic heterocycles. The van der Waals surface area contributed by atoms with Gasteiger partial charge in [-0.25, -0.2) is 0 Å². The SMILES string of the molecule is CN(CCc1ccncc1)CCN1CCCNCC1. The van der Waals surface area contributed by atoms with Crippen LogP contribution in [0.3, 0.4) is 0 Å². The minimum atomic E-state index is 1.11. The largest absolute Gasteiger partial charge is 0.315 e. The fourth-order valence-electron chi connectivity index (χ4n) is 2.42. The third-order valence-electron chi connectivity index (χ3n) is 3.76. The van der Waals surface area contributed by atoms with Crippen molar-refractivity contribution in [3.8, 4) is 0 Å². The lowest BCUT2D eigenvalue weighted by molar-refractivity contribution is 0.236. The molecule has 2 heterocycles. The van der Waals surface area contributed by atoms with Gasteiger partial charge in [-0.05, 0) is 50.7 Å². The summed E-state index contributed by atoms with van der Waals surface area (Å²) >= 11 is 0. The van der Waals surface area contributed by atoms with Crippen molar-refractivity contribution in [2.45, 2.75) is 12.8 Å². The number of likely N-dealkylation sites (N-methyl/N-ethyl adjacent to an activating group) is 1. The molecule has 0 atom stereocenters. The van der Waals surface area contributed by atoms with Gasteiger partial charge in [-0.1, -0.05) is 0 Å². The van der Waals surface area contributed by atoms with Crippen LogP contribution in [-0.4, -0.2) is 67.6 Å². The zero-order valence-electron chi connectivity index (χ0n) is 12.0. The van der Waals surface area contributed by atoms with Gasteiger partial charge in [0.05, 0.1) is 0 Å². The molecule has 1 saturated heterocycles. The van der Waals surface area contributed by atoms with Crippen molar-refractivity contribution in [1.82, 2.24) is 20.1 Å². The molecule has 0 amide bonds. The maximum Gasteiger partial charge on any atom is 0.0270 e. The molecule has 0 unspecified atom stereocenters. The van der Waals surface area contributed by atoms with Crippen LogP contribution in [-0.2, 0) is 6.42 Å². The standard InChI is InChI=1S/C15H26N4/c1-18(11-5-15-3-7-17-8-4-15)13-14-19-10-2-6-16-9-12-19/h3-4,7-8,16H,2,5-6,9-14H2,1H3. The lowest BCUT2D eigenvalue weighted by atomic mass is 10.2. The summed E-state index contributed by atoms with van der Waals surface area (Å²) < 4.78 is 0. The van der Waals surface area contributed by atoms with Gasteiger partial charge in [0.25, 0.3) is 0 Å². The first-order valence-electron chi connectivity index (χ1n) is 7.35. The molecule has 0 saturated carbocycles. The van der Waals surface area contributed by atoms with Crippen LogP contribution in [0.2, 0.25) is 0 Å². The molecule has 1 N–H and O–H groups in total. The number of pyridine rings is 1. The van der Waals surface area contributed by atoms with E-state index in [4.69, 9.17) is 0 Å². The van der Waals surface area contributed by atoms with Crippen molar-refractivity contribution < 1.29 is 0 Å². The lowest BCUT2D eigenvalue weighted by Gasteiger charge is -2.23. The van der Waals surface area contributed by atoms with E-state index in [9.17, 15) is 0 Å². The number of nitrogens with one attached hydrogen (secondary N) is 1. The second-order valence-corrected chi connectivity index (χ2v) is 5.35. The third-order valence-corrected chi connectivity index (χ3v) is 3.76. The predicted molar refractivity (Wildman–Crippen MR) is 79.4 cm³/mol. The van der Waals surface area contributed by atoms with E-state index in [1.54, 1.807) is 0 Å². The first-order valence-corrected chi connectivity index (χ1v) is 7.35. The third kappa shape index (κ3) is 5.68. The number of nitrogens with zero attached hydrogens (tertiary/aromatic N) is 3. The molecule has 1 fully saturated rings. The van der Waals surface area contributed by atoms with Crippen LogP contribution in [0.5, 0.6) is 0 Å². The molecule has 106 valence electrons. The molecule has 1 aromatic rings. The average Bonchev–Trinajstić information content (AvgIpc) is 2.73. The normalized spacial score (nSPS) is 17.6. The van der Waals surface area contributed by atoms with Crippen LogP contribution in [0.15, 0.2) is 24.5 Å². The first kappa shape index (κ1) is 14.4. The van der Waals surface area contributed by atoms with Gasteiger partial charge in [0.2, 0.25) is 0 Å². The number of aromatic nitrogens is 1. The Morgan fingerprint density at radius 2 is 2.05 bits per heavy atom. The van der Waals surface area contributed by atoms with E-state index in [0.29, 0.717) is 0 Å². The predicted octanol–water partition coefficient (Wildman–Crippen LogP) is 0.851.